The van der Waals surface area contributed by atoms with Crippen LogP contribution in [0.2, 0.25) is 0 Å². The number of nitrogens with one attached hydrogen (secondary N) is 3. The van der Waals surface area contributed by atoms with Gasteiger partial charge in [-0.15, -0.1) is 12.3 Å². The van der Waals surface area contributed by atoms with E-state index in [9.17, 15) is 24.0 Å². The molecule has 0 spiro atoms. The summed E-state index contributed by atoms with van der Waals surface area (Å²) in [4.78, 5) is 62.5. The lowest BCUT2D eigenvalue weighted by Crippen LogP contribution is -2.53. The van der Waals surface area contributed by atoms with Crippen molar-refractivity contribution in [3.8, 4) is 12.3 Å². The summed E-state index contributed by atoms with van der Waals surface area (Å²) >= 11 is 0. The van der Waals surface area contributed by atoms with E-state index in [-0.39, 0.29) is 31.6 Å². The fraction of sp³-hybridized carbons (Fsp3) is 0.759. The Hall–Kier alpha value is -3.29. The molecule has 0 bridgehead atoms. The quantitative estimate of drug-likeness (QED) is 0.125. The van der Waals surface area contributed by atoms with Crippen molar-refractivity contribution in [2.45, 2.75) is 136 Å². The predicted octanol–water partition coefficient (Wildman–Crippen LogP) is 3.53. The summed E-state index contributed by atoms with van der Waals surface area (Å²) in [6.07, 6.45) is 6.85. The molecule has 11 heteroatoms. The minimum Gasteiger partial charge on any atom is -0.460 e. The summed E-state index contributed by atoms with van der Waals surface area (Å²) in [6.45, 7) is 15.8. The van der Waals surface area contributed by atoms with Crippen LogP contribution >= 0.6 is 0 Å². The first-order valence-corrected chi connectivity index (χ1v) is 13.7. The number of carbonyl (C=O) groups excluding carboxylic acids is 5. The van der Waals surface area contributed by atoms with E-state index in [0.717, 1.165) is 0 Å². The summed E-state index contributed by atoms with van der Waals surface area (Å²) in [5.74, 6) is 0.369. The van der Waals surface area contributed by atoms with Gasteiger partial charge in [-0.25, -0.2) is 14.4 Å². The van der Waals surface area contributed by atoms with Gasteiger partial charge in [-0.2, -0.15) is 0 Å². The highest BCUT2D eigenvalue weighted by molar-refractivity contribution is 5.87. The van der Waals surface area contributed by atoms with Crippen LogP contribution in [0.4, 0.5) is 4.79 Å². The van der Waals surface area contributed by atoms with Crippen LogP contribution in [0.1, 0.15) is 107 Å². The fourth-order valence-electron chi connectivity index (χ4n) is 3.23. The molecule has 11 nitrogen and oxygen atoms in total. The zero-order valence-corrected chi connectivity index (χ0v) is 25.7. The molecule has 1 unspecified atom stereocenters. The van der Waals surface area contributed by atoms with Gasteiger partial charge in [0.2, 0.25) is 5.91 Å². The van der Waals surface area contributed by atoms with Gasteiger partial charge >= 0.3 is 23.9 Å². The Balaban J connectivity index is 5.35. The molecule has 0 aromatic carbocycles. The number of carbonyl (C=O) groups is 5. The monoisotopic (exact) mass is 567 g/mol. The topological polar surface area (TPSA) is 149 Å². The maximum Gasteiger partial charge on any atom is 0.329 e. The van der Waals surface area contributed by atoms with Gasteiger partial charge in [0.1, 0.15) is 28.9 Å². The molecule has 0 aliphatic carbocycles. The van der Waals surface area contributed by atoms with E-state index in [1.54, 1.807) is 62.3 Å². The van der Waals surface area contributed by atoms with Crippen molar-refractivity contribution in [3.63, 3.8) is 0 Å². The van der Waals surface area contributed by atoms with Crippen molar-refractivity contribution in [2.75, 3.05) is 6.54 Å². The van der Waals surface area contributed by atoms with Gasteiger partial charge in [-0.05, 0) is 88.0 Å². The van der Waals surface area contributed by atoms with E-state index >= 15 is 0 Å². The largest absolute Gasteiger partial charge is 0.460 e. The maximum absolute atomic E-state index is 12.9. The summed E-state index contributed by atoms with van der Waals surface area (Å²) in [6, 6.07) is -2.97. The van der Waals surface area contributed by atoms with Crippen molar-refractivity contribution in [1.82, 2.24) is 16.0 Å². The first kappa shape index (κ1) is 36.7. The Morgan fingerprint density at radius 1 is 0.700 bits per heavy atom. The molecule has 40 heavy (non-hydrogen) atoms. The van der Waals surface area contributed by atoms with Gasteiger partial charge in [0.15, 0.2) is 0 Å². The van der Waals surface area contributed by atoms with Gasteiger partial charge in [0, 0.05) is 25.8 Å². The van der Waals surface area contributed by atoms with Crippen molar-refractivity contribution >= 4 is 29.8 Å². The average Bonchev–Trinajstić information content (AvgIpc) is 2.75. The number of hydrogen-bond donors (Lipinski definition) is 3. The number of amides is 3. The van der Waals surface area contributed by atoms with Crippen LogP contribution in [-0.4, -0.2) is 65.3 Å². The molecule has 0 radical (unpaired) electrons. The highest BCUT2D eigenvalue weighted by Gasteiger charge is 2.31. The Kier molecular flexibility index (Phi) is 15.4. The van der Waals surface area contributed by atoms with Gasteiger partial charge in [0.05, 0.1) is 0 Å². The van der Waals surface area contributed by atoms with Crippen LogP contribution in [0, 0.1) is 12.3 Å². The second-order valence-electron chi connectivity index (χ2n) is 12.5. The van der Waals surface area contributed by atoms with Crippen LogP contribution < -0.4 is 16.0 Å². The molecule has 0 aromatic heterocycles. The number of esters is 3. The molecule has 0 saturated carbocycles. The molecule has 3 N–H and O–H groups in total. The zero-order chi connectivity index (χ0) is 31.1. The van der Waals surface area contributed by atoms with Crippen molar-refractivity contribution in [3.05, 3.63) is 0 Å². The second kappa shape index (κ2) is 16.7. The number of ether oxygens (including phenoxy) is 3. The van der Waals surface area contributed by atoms with E-state index in [0.29, 0.717) is 25.8 Å². The first-order chi connectivity index (χ1) is 18.2. The second-order valence-corrected chi connectivity index (χ2v) is 12.5. The molecule has 3 amide bonds. The number of hydrogen-bond acceptors (Lipinski definition) is 8. The minimum absolute atomic E-state index is 0.0618. The fourth-order valence-corrected chi connectivity index (χ4v) is 3.23. The smallest absolute Gasteiger partial charge is 0.329 e. The molecule has 0 fully saturated rings. The third kappa shape index (κ3) is 19.7. The molecular formula is C29H49N3O8. The van der Waals surface area contributed by atoms with Crippen LogP contribution in [0.3, 0.4) is 0 Å². The molecule has 0 aliphatic heterocycles. The normalized spacial score (nSPS) is 13.2. The number of terminal acetylenes is 1. The summed E-state index contributed by atoms with van der Waals surface area (Å²) < 4.78 is 16.2. The zero-order valence-electron chi connectivity index (χ0n) is 25.7. The molecule has 0 aromatic rings. The lowest BCUT2D eigenvalue weighted by molar-refractivity contribution is -0.159. The van der Waals surface area contributed by atoms with Crippen LogP contribution in [0.15, 0.2) is 0 Å². The van der Waals surface area contributed by atoms with Gasteiger partial charge < -0.3 is 30.2 Å². The average molecular weight is 568 g/mol. The van der Waals surface area contributed by atoms with Gasteiger partial charge in [-0.3, -0.25) is 9.59 Å². The van der Waals surface area contributed by atoms with E-state index in [4.69, 9.17) is 20.6 Å². The molecule has 0 saturated heterocycles. The van der Waals surface area contributed by atoms with Crippen molar-refractivity contribution in [2.24, 2.45) is 0 Å². The lowest BCUT2D eigenvalue weighted by atomic mass is 10.1. The molecular weight excluding hydrogens is 518 g/mol. The highest BCUT2D eigenvalue weighted by atomic mass is 16.6. The van der Waals surface area contributed by atoms with E-state index in [1.165, 1.54) is 0 Å². The summed E-state index contributed by atoms with van der Waals surface area (Å²) in [5, 5.41) is 7.87. The third-order valence-corrected chi connectivity index (χ3v) is 4.79. The lowest BCUT2D eigenvalue weighted by Gasteiger charge is -2.27. The Labute approximate surface area is 239 Å². The SMILES string of the molecule is C#CCCC(=O)NCCCCC(NC(=O)N[C@@H](CCC(=O)OC(C)(C)C)C(=O)OC(C)(C)C)C(=O)OC(C)(C)C. The third-order valence-electron chi connectivity index (χ3n) is 4.79. The maximum atomic E-state index is 12.9. The van der Waals surface area contributed by atoms with Crippen LogP contribution in [-0.2, 0) is 33.4 Å². The standard InChI is InChI=1S/C29H49N3O8/c1-11-12-16-22(33)30-19-14-13-15-20(24(35)39-28(5,6)7)31-26(37)32-21(25(36)40-29(8,9)10)17-18-23(34)38-27(2,3)4/h1,20-21H,12-19H2,2-10H3,(H,30,33)(H2,31,32,37)/t20?,21-/m0/s1. The molecule has 0 rings (SSSR count). The number of unbranched alkanes of at least 4 members (excludes halogenated alkanes) is 1. The van der Waals surface area contributed by atoms with Crippen LogP contribution in [0.5, 0.6) is 0 Å². The van der Waals surface area contributed by atoms with Gasteiger partial charge in [-0.1, -0.05) is 0 Å². The molecule has 0 heterocycles. The highest BCUT2D eigenvalue weighted by Crippen LogP contribution is 2.15. The Morgan fingerprint density at radius 3 is 1.62 bits per heavy atom. The number of rotatable bonds is 14. The Morgan fingerprint density at radius 2 is 1.18 bits per heavy atom. The van der Waals surface area contributed by atoms with E-state index in [2.05, 4.69) is 21.9 Å². The first-order valence-electron chi connectivity index (χ1n) is 13.7. The predicted molar refractivity (Wildman–Crippen MR) is 151 cm³/mol. The van der Waals surface area contributed by atoms with Crippen LogP contribution in [0.25, 0.3) is 0 Å². The van der Waals surface area contributed by atoms with E-state index < -0.39 is 52.8 Å². The minimum atomic E-state index is -1.16. The summed E-state index contributed by atoms with van der Waals surface area (Å²) in [7, 11) is 0. The number of urea groups is 1. The summed E-state index contributed by atoms with van der Waals surface area (Å²) in [5.41, 5.74) is -2.31. The molecule has 0 aliphatic rings. The van der Waals surface area contributed by atoms with Crippen molar-refractivity contribution in [1.29, 1.82) is 0 Å². The Bertz CT molecular complexity index is 904. The molecule has 2 atom stereocenters. The van der Waals surface area contributed by atoms with E-state index in [1.807, 2.05) is 0 Å². The molecule has 228 valence electrons. The van der Waals surface area contributed by atoms with Gasteiger partial charge in [0.25, 0.3) is 0 Å². The van der Waals surface area contributed by atoms with Crippen molar-refractivity contribution < 1.29 is 38.2 Å².